The third-order valence-corrected chi connectivity index (χ3v) is 1.44. The van der Waals surface area contributed by atoms with Crippen LogP contribution in [0.4, 0.5) is 4.79 Å². The molecule has 2 amide bonds. The van der Waals surface area contributed by atoms with Gasteiger partial charge in [-0.05, 0) is 19.4 Å². The molecule has 0 unspecified atom stereocenters. The predicted molar refractivity (Wildman–Crippen MR) is 45.1 cm³/mol. The molecular formula is C7H17N3O. The molecule has 0 aliphatic heterocycles. The number of nitrogens with zero attached hydrogens (tertiary/aromatic N) is 1. The second-order valence-corrected chi connectivity index (χ2v) is 2.47. The van der Waals surface area contributed by atoms with Gasteiger partial charge in [-0.15, -0.1) is 0 Å². The summed E-state index contributed by atoms with van der Waals surface area (Å²) in [6.07, 6.45) is 1.76. The first-order chi connectivity index (χ1) is 5.22. The number of carbonyl (C=O) groups excluding carboxylic acids is 1. The van der Waals surface area contributed by atoms with Crippen LogP contribution in [0.5, 0.6) is 0 Å². The molecule has 66 valence electrons. The molecule has 0 radical (unpaired) electrons. The summed E-state index contributed by atoms with van der Waals surface area (Å²) in [5.74, 6) is 0. The van der Waals surface area contributed by atoms with E-state index in [0.29, 0.717) is 13.1 Å². The van der Waals surface area contributed by atoms with Crippen molar-refractivity contribution in [3.8, 4) is 0 Å². The normalized spacial score (nSPS) is 9.64. The van der Waals surface area contributed by atoms with Gasteiger partial charge in [0.1, 0.15) is 0 Å². The van der Waals surface area contributed by atoms with Crippen LogP contribution in [0, 0.1) is 0 Å². The Hall–Kier alpha value is -0.770. The second kappa shape index (κ2) is 5.97. The largest absolute Gasteiger partial charge is 0.351 e. The number of rotatable bonds is 5. The Morgan fingerprint density at radius 2 is 2.09 bits per heavy atom. The van der Waals surface area contributed by atoms with Crippen molar-refractivity contribution in [2.45, 2.75) is 19.8 Å². The smallest absolute Gasteiger partial charge is 0.314 e. The fourth-order valence-electron chi connectivity index (χ4n) is 0.884. The summed E-state index contributed by atoms with van der Waals surface area (Å²) in [6.45, 7) is 4.03. The molecule has 0 aliphatic carbocycles. The Morgan fingerprint density at radius 3 is 2.45 bits per heavy atom. The highest BCUT2D eigenvalue weighted by Crippen LogP contribution is 1.92. The molecule has 0 aromatic heterocycles. The van der Waals surface area contributed by atoms with Gasteiger partial charge in [0.05, 0.1) is 0 Å². The SMILES string of the molecule is CCCN(CCCN)C(N)=O. The first-order valence-electron chi connectivity index (χ1n) is 3.96. The maximum atomic E-state index is 10.7. The van der Waals surface area contributed by atoms with Crippen LogP contribution >= 0.6 is 0 Å². The summed E-state index contributed by atoms with van der Waals surface area (Å²) in [5, 5.41) is 0. The van der Waals surface area contributed by atoms with Crippen LogP contribution in [0.3, 0.4) is 0 Å². The molecule has 4 nitrogen and oxygen atoms in total. The standard InChI is InChI=1S/C7H17N3O/c1-2-5-10(7(9)11)6-3-4-8/h2-6,8H2,1H3,(H2,9,11). The summed E-state index contributed by atoms with van der Waals surface area (Å²) in [4.78, 5) is 12.3. The number of primary amides is 1. The minimum atomic E-state index is -0.347. The topological polar surface area (TPSA) is 72.3 Å². The van der Waals surface area contributed by atoms with E-state index in [2.05, 4.69) is 0 Å². The minimum Gasteiger partial charge on any atom is -0.351 e. The summed E-state index contributed by atoms with van der Waals surface area (Å²) < 4.78 is 0. The van der Waals surface area contributed by atoms with Gasteiger partial charge in [0, 0.05) is 13.1 Å². The van der Waals surface area contributed by atoms with E-state index in [1.165, 1.54) is 0 Å². The van der Waals surface area contributed by atoms with Crippen molar-refractivity contribution in [2.24, 2.45) is 11.5 Å². The zero-order valence-electron chi connectivity index (χ0n) is 7.05. The highest BCUT2D eigenvalue weighted by Gasteiger charge is 2.05. The van der Waals surface area contributed by atoms with E-state index in [9.17, 15) is 4.79 Å². The van der Waals surface area contributed by atoms with E-state index in [-0.39, 0.29) is 6.03 Å². The molecular weight excluding hydrogens is 142 g/mol. The maximum Gasteiger partial charge on any atom is 0.314 e. The number of nitrogens with two attached hydrogens (primary N) is 2. The first-order valence-corrected chi connectivity index (χ1v) is 3.96. The van der Waals surface area contributed by atoms with Gasteiger partial charge < -0.3 is 16.4 Å². The molecule has 0 bridgehead atoms. The van der Waals surface area contributed by atoms with Crippen molar-refractivity contribution in [1.29, 1.82) is 0 Å². The second-order valence-electron chi connectivity index (χ2n) is 2.47. The molecule has 0 aromatic carbocycles. The Bertz CT molecular complexity index is 116. The van der Waals surface area contributed by atoms with Gasteiger partial charge in [0.2, 0.25) is 0 Å². The molecule has 0 aliphatic rings. The summed E-state index contributed by atoms with van der Waals surface area (Å²) in [5.41, 5.74) is 10.4. The lowest BCUT2D eigenvalue weighted by Gasteiger charge is -2.18. The van der Waals surface area contributed by atoms with E-state index >= 15 is 0 Å². The van der Waals surface area contributed by atoms with Crippen molar-refractivity contribution < 1.29 is 4.79 Å². The average Bonchev–Trinajstić information content (AvgIpc) is 1.97. The summed E-state index contributed by atoms with van der Waals surface area (Å²) in [6, 6.07) is -0.347. The number of hydrogen-bond donors (Lipinski definition) is 2. The van der Waals surface area contributed by atoms with E-state index in [0.717, 1.165) is 19.4 Å². The molecule has 0 spiro atoms. The van der Waals surface area contributed by atoms with Crippen LogP contribution in [-0.2, 0) is 0 Å². The maximum absolute atomic E-state index is 10.7. The van der Waals surface area contributed by atoms with E-state index in [1.54, 1.807) is 4.90 Å². The van der Waals surface area contributed by atoms with Crippen LogP contribution in [0.25, 0.3) is 0 Å². The highest BCUT2D eigenvalue weighted by molar-refractivity contribution is 5.71. The molecule has 0 heterocycles. The van der Waals surface area contributed by atoms with Crippen LogP contribution in [0.2, 0.25) is 0 Å². The Labute approximate surface area is 67.5 Å². The van der Waals surface area contributed by atoms with Crippen LogP contribution in [0.15, 0.2) is 0 Å². The van der Waals surface area contributed by atoms with Crippen LogP contribution in [-0.4, -0.2) is 30.6 Å². The summed E-state index contributed by atoms with van der Waals surface area (Å²) in [7, 11) is 0. The van der Waals surface area contributed by atoms with Crippen molar-refractivity contribution >= 4 is 6.03 Å². The molecule has 0 saturated carbocycles. The average molecular weight is 159 g/mol. The molecule has 0 rings (SSSR count). The zero-order valence-corrected chi connectivity index (χ0v) is 7.05. The number of hydrogen-bond acceptors (Lipinski definition) is 2. The van der Waals surface area contributed by atoms with Crippen LogP contribution in [0.1, 0.15) is 19.8 Å². The van der Waals surface area contributed by atoms with Gasteiger partial charge in [-0.25, -0.2) is 4.79 Å². The van der Waals surface area contributed by atoms with Crippen molar-refractivity contribution in [1.82, 2.24) is 4.90 Å². The van der Waals surface area contributed by atoms with E-state index in [4.69, 9.17) is 11.5 Å². The third-order valence-electron chi connectivity index (χ3n) is 1.44. The Morgan fingerprint density at radius 1 is 1.45 bits per heavy atom. The predicted octanol–water partition coefficient (Wildman–Crippen LogP) is 0.126. The fraction of sp³-hybridized carbons (Fsp3) is 0.857. The number of amides is 2. The fourth-order valence-corrected chi connectivity index (χ4v) is 0.884. The highest BCUT2D eigenvalue weighted by atomic mass is 16.2. The lowest BCUT2D eigenvalue weighted by atomic mass is 10.3. The van der Waals surface area contributed by atoms with Crippen molar-refractivity contribution in [2.75, 3.05) is 19.6 Å². The van der Waals surface area contributed by atoms with E-state index in [1.807, 2.05) is 6.92 Å². The molecule has 11 heavy (non-hydrogen) atoms. The lowest BCUT2D eigenvalue weighted by Crippen LogP contribution is -2.37. The van der Waals surface area contributed by atoms with Gasteiger partial charge >= 0.3 is 6.03 Å². The molecule has 4 heteroatoms. The molecule has 0 saturated heterocycles. The minimum absolute atomic E-state index is 0.347. The number of carbonyl (C=O) groups is 1. The van der Waals surface area contributed by atoms with Gasteiger partial charge in [-0.2, -0.15) is 0 Å². The Balaban J connectivity index is 3.60. The summed E-state index contributed by atoms with van der Waals surface area (Å²) >= 11 is 0. The molecule has 0 atom stereocenters. The first kappa shape index (κ1) is 10.2. The monoisotopic (exact) mass is 159 g/mol. The zero-order chi connectivity index (χ0) is 8.69. The Kier molecular flexibility index (Phi) is 5.56. The van der Waals surface area contributed by atoms with E-state index < -0.39 is 0 Å². The molecule has 0 aromatic rings. The quantitative estimate of drug-likeness (QED) is 0.598. The third kappa shape index (κ3) is 4.61. The molecule has 4 N–H and O–H groups in total. The molecule has 0 fully saturated rings. The van der Waals surface area contributed by atoms with Gasteiger partial charge in [0.15, 0.2) is 0 Å². The van der Waals surface area contributed by atoms with Crippen LogP contribution < -0.4 is 11.5 Å². The van der Waals surface area contributed by atoms with Gasteiger partial charge in [0.25, 0.3) is 0 Å². The van der Waals surface area contributed by atoms with Gasteiger partial charge in [-0.3, -0.25) is 0 Å². The van der Waals surface area contributed by atoms with Crippen molar-refractivity contribution in [3.63, 3.8) is 0 Å². The van der Waals surface area contributed by atoms with Gasteiger partial charge in [-0.1, -0.05) is 6.92 Å². The number of urea groups is 1. The lowest BCUT2D eigenvalue weighted by molar-refractivity contribution is 0.207. The van der Waals surface area contributed by atoms with Crippen molar-refractivity contribution in [3.05, 3.63) is 0 Å².